The van der Waals surface area contributed by atoms with E-state index < -0.39 is 9.84 Å². The second kappa shape index (κ2) is 10.6. The van der Waals surface area contributed by atoms with Crippen LogP contribution in [0.2, 0.25) is 5.02 Å². The summed E-state index contributed by atoms with van der Waals surface area (Å²) in [5, 5.41) is 3.91. The minimum absolute atomic E-state index is 0. The molecule has 0 spiro atoms. The summed E-state index contributed by atoms with van der Waals surface area (Å²) in [6.07, 6.45) is 0. The molecule has 1 heterocycles. The third-order valence-electron chi connectivity index (χ3n) is 4.44. The Kier molecular flexibility index (Phi) is 9.46. The summed E-state index contributed by atoms with van der Waals surface area (Å²) >= 11 is 6.13. The number of anilines is 1. The molecular weight excluding hydrogens is 487 g/mol. The molecule has 0 amide bonds. The van der Waals surface area contributed by atoms with Gasteiger partial charge in [0, 0.05) is 56.2 Å². The molecule has 1 saturated heterocycles. The first-order chi connectivity index (χ1) is 11.9. The predicted octanol–water partition coefficient (Wildman–Crippen LogP) is 2.40. The quantitative estimate of drug-likeness (QED) is 0.371. The van der Waals surface area contributed by atoms with E-state index in [1.54, 1.807) is 14.0 Å². The molecule has 0 aromatic heterocycles. The number of nitrogens with zero attached hydrogens (tertiary/aromatic N) is 3. The van der Waals surface area contributed by atoms with E-state index in [4.69, 9.17) is 11.6 Å². The number of piperazine rings is 1. The van der Waals surface area contributed by atoms with Gasteiger partial charge in [-0.25, -0.2) is 8.42 Å². The number of hydrogen-bond donors (Lipinski definition) is 1. The van der Waals surface area contributed by atoms with Gasteiger partial charge in [-0.2, -0.15) is 0 Å². The normalized spacial score (nSPS) is 15.6. The zero-order valence-corrected chi connectivity index (χ0v) is 19.4. The van der Waals surface area contributed by atoms with E-state index >= 15 is 0 Å². The lowest BCUT2D eigenvalue weighted by Crippen LogP contribution is -2.53. The first-order valence-electron chi connectivity index (χ1n) is 8.53. The lowest BCUT2D eigenvalue weighted by molar-refractivity contribution is 0.373. The molecule has 0 bridgehead atoms. The number of aliphatic imine (C=N–C) groups is 1. The predicted molar refractivity (Wildman–Crippen MR) is 121 cm³/mol. The average molecular weight is 515 g/mol. The Labute approximate surface area is 178 Å². The molecule has 0 saturated carbocycles. The highest BCUT2D eigenvalue weighted by atomic mass is 127. The largest absolute Gasteiger partial charge is 0.368 e. The molecule has 0 aliphatic carbocycles. The Bertz CT molecular complexity index is 719. The summed E-state index contributed by atoms with van der Waals surface area (Å²) in [6, 6.07) is 5.96. The molecule has 0 unspecified atom stereocenters. The molecule has 1 aliphatic heterocycles. The Morgan fingerprint density at radius 2 is 1.92 bits per heavy atom. The standard InChI is InChI=1S/C17H27ClN4O2S.HI/c1-4-25(23,24)12-7-20-17(19-3)22-10-8-21(9-11-22)16-13-15(18)6-5-14(16)2;/h5-6,13H,4,7-12H2,1-3H3,(H,19,20);1H. The van der Waals surface area contributed by atoms with Crippen LogP contribution in [0.25, 0.3) is 0 Å². The van der Waals surface area contributed by atoms with Gasteiger partial charge in [0.2, 0.25) is 0 Å². The lowest BCUT2D eigenvalue weighted by Gasteiger charge is -2.38. The van der Waals surface area contributed by atoms with Gasteiger partial charge in [0.15, 0.2) is 15.8 Å². The van der Waals surface area contributed by atoms with Gasteiger partial charge in [0.25, 0.3) is 0 Å². The van der Waals surface area contributed by atoms with Crippen molar-refractivity contribution in [2.45, 2.75) is 13.8 Å². The van der Waals surface area contributed by atoms with Crippen molar-refractivity contribution in [1.82, 2.24) is 10.2 Å². The van der Waals surface area contributed by atoms with E-state index in [1.807, 2.05) is 18.2 Å². The van der Waals surface area contributed by atoms with Crippen LogP contribution in [0.4, 0.5) is 5.69 Å². The molecule has 1 aromatic rings. The smallest absolute Gasteiger partial charge is 0.193 e. The van der Waals surface area contributed by atoms with Crippen LogP contribution in [-0.4, -0.2) is 70.6 Å². The summed E-state index contributed by atoms with van der Waals surface area (Å²) < 4.78 is 23.2. The van der Waals surface area contributed by atoms with Crippen molar-refractivity contribution < 1.29 is 8.42 Å². The fourth-order valence-corrected chi connectivity index (χ4v) is 3.75. The fraction of sp³-hybridized carbons (Fsp3) is 0.588. The number of hydrogen-bond acceptors (Lipinski definition) is 4. The van der Waals surface area contributed by atoms with Crippen LogP contribution in [-0.2, 0) is 9.84 Å². The number of halogens is 2. The van der Waals surface area contributed by atoms with Crippen LogP contribution in [0.3, 0.4) is 0 Å². The van der Waals surface area contributed by atoms with Crippen molar-refractivity contribution in [2.24, 2.45) is 4.99 Å². The van der Waals surface area contributed by atoms with Crippen molar-refractivity contribution >= 4 is 57.1 Å². The first kappa shape index (κ1) is 23.3. The Morgan fingerprint density at radius 3 is 2.50 bits per heavy atom. The van der Waals surface area contributed by atoms with E-state index in [0.29, 0.717) is 6.54 Å². The molecule has 9 heteroatoms. The minimum Gasteiger partial charge on any atom is -0.368 e. The van der Waals surface area contributed by atoms with Gasteiger partial charge in [-0.3, -0.25) is 4.99 Å². The second-order valence-electron chi connectivity index (χ2n) is 6.12. The van der Waals surface area contributed by atoms with Crippen LogP contribution < -0.4 is 10.2 Å². The molecular formula is C17H28ClIN4O2S. The van der Waals surface area contributed by atoms with Crippen molar-refractivity contribution in [3.05, 3.63) is 28.8 Å². The van der Waals surface area contributed by atoms with Crippen LogP contribution in [0, 0.1) is 6.92 Å². The summed E-state index contributed by atoms with van der Waals surface area (Å²) in [4.78, 5) is 8.77. The zero-order chi connectivity index (χ0) is 18.4. The zero-order valence-electron chi connectivity index (χ0n) is 15.5. The van der Waals surface area contributed by atoms with Crippen molar-refractivity contribution in [1.29, 1.82) is 0 Å². The SMILES string of the molecule is CCS(=O)(=O)CCNC(=NC)N1CCN(c2cc(Cl)ccc2C)CC1.I. The summed E-state index contributed by atoms with van der Waals surface area (Å²) in [5.41, 5.74) is 2.38. The van der Waals surface area contributed by atoms with Gasteiger partial charge >= 0.3 is 0 Å². The topological polar surface area (TPSA) is 65.0 Å². The highest BCUT2D eigenvalue weighted by Gasteiger charge is 2.21. The molecule has 2 rings (SSSR count). The van der Waals surface area contributed by atoms with Gasteiger partial charge in [-0.15, -0.1) is 24.0 Å². The Balaban J connectivity index is 0.00000338. The van der Waals surface area contributed by atoms with E-state index in [-0.39, 0.29) is 35.5 Å². The maximum Gasteiger partial charge on any atom is 0.193 e. The van der Waals surface area contributed by atoms with Crippen LogP contribution in [0.5, 0.6) is 0 Å². The number of rotatable bonds is 5. The molecule has 1 aliphatic rings. The Hall–Kier alpha value is -0.740. The highest BCUT2D eigenvalue weighted by Crippen LogP contribution is 2.25. The summed E-state index contributed by atoms with van der Waals surface area (Å²) in [5.74, 6) is 1.06. The fourth-order valence-electron chi connectivity index (χ4n) is 2.88. The highest BCUT2D eigenvalue weighted by molar-refractivity contribution is 14.0. The number of nitrogens with one attached hydrogen (secondary N) is 1. The van der Waals surface area contributed by atoms with E-state index in [2.05, 4.69) is 27.0 Å². The minimum atomic E-state index is -2.96. The Morgan fingerprint density at radius 1 is 1.27 bits per heavy atom. The van der Waals surface area contributed by atoms with E-state index in [1.165, 1.54) is 11.3 Å². The number of sulfone groups is 1. The van der Waals surface area contributed by atoms with Gasteiger partial charge < -0.3 is 15.1 Å². The summed E-state index contributed by atoms with van der Waals surface area (Å²) in [6.45, 7) is 7.53. The van der Waals surface area contributed by atoms with Crippen LogP contribution in [0.1, 0.15) is 12.5 Å². The molecule has 1 aromatic carbocycles. The van der Waals surface area contributed by atoms with Gasteiger partial charge in [0.05, 0.1) is 5.75 Å². The number of benzene rings is 1. The second-order valence-corrected chi connectivity index (χ2v) is 9.02. The third-order valence-corrected chi connectivity index (χ3v) is 6.38. The van der Waals surface area contributed by atoms with Gasteiger partial charge in [0.1, 0.15) is 0 Å². The van der Waals surface area contributed by atoms with Crippen LogP contribution >= 0.6 is 35.6 Å². The van der Waals surface area contributed by atoms with Crippen molar-refractivity contribution in [3.8, 4) is 0 Å². The van der Waals surface area contributed by atoms with Gasteiger partial charge in [-0.1, -0.05) is 24.6 Å². The third kappa shape index (κ3) is 6.45. The monoisotopic (exact) mass is 514 g/mol. The lowest BCUT2D eigenvalue weighted by atomic mass is 10.1. The first-order valence-corrected chi connectivity index (χ1v) is 10.7. The van der Waals surface area contributed by atoms with Crippen molar-refractivity contribution in [2.75, 3.05) is 56.2 Å². The molecule has 0 radical (unpaired) electrons. The molecule has 26 heavy (non-hydrogen) atoms. The number of guanidine groups is 1. The van der Waals surface area contributed by atoms with E-state index in [9.17, 15) is 8.42 Å². The van der Waals surface area contributed by atoms with Crippen molar-refractivity contribution in [3.63, 3.8) is 0 Å². The molecule has 1 fully saturated rings. The van der Waals surface area contributed by atoms with Gasteiger partial charge in [-0.05, 0) is 24.6 Å². The van der Waals surface area contributed by atoms with Crippen LogP contribution in [0.15, 0.2) is 23.2 Å². The molecule has 0 atom stereocenters. The average Bonchev–Trinajstić information content (AvgIpc) is 2.61. The maximum absolute atomic E-state index is 11.6. The summed E-state index contributed by atoms with van der Waals surface area (Å²) in [7, 11) is -1.24. The molecule has 1 N–H and O–H groups in total. The number of aryl methyl sites for hydroxylation is 1. The molecule has 148 valence electrons. The van der Waals surface area contributed by atoms with E-state index in [0.717, 1.165) is 37.2 Å². The molecule has 6 nitrogen and oxygen atoms in total. The maximum atomic E-state index is 11.6.